The van der Waals surface area contributed by atoms with E-state index in [1.807, 2.05) is 0 Å². The Morgan fingerprint density at radius 3 is 2.00 bits per heavy atom. The molecule has 0 aliphatic rings. The average molecular weight is 375 g/mol. The molecule has 27 heavy (non-hydrogen) atoms. The molecule has 0 fully saturated rings. The summed E-state index contributed by atoms with van der Waals surface area (Å²) in [7, 11) is 1.43. The normalized spacial score (nSPS) is 12.9. The summed E-state index contributed by atoms with van der Waals surface area (Å²) < 4.78 is 4.61. The predicted molar refractivity (Wildman–Crippen MR) is 119 cm³/mol. The van der Waals surface area contributed by atoms with Crippen molar-refractivity contribution in [3.05, 3.63) is 48.6 Å². The highest BCUT2D eigenvalue weighted by atomic mass is 16.5. The van der Waals surface area contributed by atoms with Crippen molar-refractivity contribution in [2.24, 2.45) is 5.41 Å². The third kappa shape index (κ3) is 19.0. The molecule has 0 aromatic rings. The summed E-state index contributed by atoms with van der Waals surface area (Å²) in [4.78, 5) is 11.0. The highest BCUT2D eigenvalue weighted by Gasteiger charge is 2.12. The molecule has 0 amide bonds. The molecule has 0 saturated heterocycles. The summed E-state index contributed by atoms with van der Waals surface area (Å²) >= 11 is 0. The van der Waals surface area contributed by atoms with Crippen molar-refractivity contribution >= 4 is 5.97 Å². The van der Waals surface area contributed by atoms with Gasteiger partial charge in [0.2, 0.25) is 0 Å². The van der Waals surface area contributed by atoms with Crippen LogP contribution in [0.5, 0.6) is 0 Å². The predicted octanol–water partition coefficient (Wildman–Crippen LogP) is 7.72. The highest BCUT2D eigenvalue weighted by Crippen LogP contribution is 2.25. The molecule has 0 radical (unpaired) electrons. The van der Waals surface area contributed by atoms with Gasteiger partial charge in [0, 0.05) is 6.42 Å². The van der Waals surface area contributed by atoms with E-state index >= 15 is 0 Å². The molecule has 2 nitrogen and oxygen atoms in total. The van der Waals surface area contributed by atoms with Gasteiger partial charge in [-0.15, -0.1) is 0 Å². The zero-order valence-electron chi connectivity index (χ0n) is 18.2. The van der Waals surface area contributed by atoms with Crippen LogP contribution in [0.15, 0.2) is 48.6 Å². The second kappa shape index (κ2) is 17.8. The van der Waals surface area contributed by atoms with Crippen molar-refractivity contribution in [2.45, 2.75) is 91.4 Å². The van der Waals surface area contributed by atoms with Crippen molar-refractivity contribution in [2.75, 3.05) is 7.11 Å². The number of rotatable bonds is 16. The van der Waals surface area contributed by atoms with Crippen LogP contribution < -0.4 is 0 Å². The number of carbonyl (C=O) groups is 1. The van der Waals surface area contributed by atoms with Crippen molar-refractivity contribution < 1.29 is 9.53 Å². The zero-order valence-corrected chi connectivity index (χ0v) is 18.2. The maximum atomic E-state index is 11.0. The first kappa shape index (κ1) is 25.4. The van der Waals surface area contributed by atoms with Crippen LogP contribution in [0.4, 0.5) is 0 Å². The van der Waals surface area contributed by atoms with E-state index in [0.29, 0.717) is 11.8 Å². The Hall–Kier alpha value is -1.57. The molecule has 0 heterocycles. The molecule has 0 N–H and O–H groups in total. The Labute approximate surface area is 168 Å². The van der Waals surface area contributed by atoms with Gasteiger partial charge in [0.25, 0.3) is 0 Å². The maximum Gasteiger partial charge on any atom is 0.305 e. The summed E-state index contributed by atoms with van der Waals surface area (Å²) in [5.74, 6) is -0.125. The molecule has 0 aromatic carbocycles. The number of hydrogen-bond donors (Lipinski definition) is 0. The molecule has 2 heteroatoms. The second-order valence-corrected chi connectivity index (χ2v) is 7.79. The van der Waals surface area contributed by atoms with Gasteiger partial charge in [0.15, 0.2) is 0 Å². The molecule has 0 bridgehead atoms. The van der Waals surface area contributed by atoms with E-state index < -0.39 is 0 Å². The van der Waals surface area contributed by atoms with E-state index in [2.05, 4.69) is 74.1 Å². The van der Waals surface area contributed by atoms with Gasteiger partial charge in [-0.1, -0.05) is 95.1 Å². The van der Waals surface area contributed by atoms with Crippen LogP contribution in [0.3, 0.4) is 0 Å². The smallest absolute Gasteiger partial charge is 0.305 e. The average Bonchev–Trinajstić information content (AvgIpc) is 2.65. The minimum atomic E-state index is -0.125. The van der Waals surface area contributed by atoms with E-state index in [1.165, 1.54) is 39.2 Å². The summed E-state index contributed by atoms with van der Waals surface area (Å²) in [6, 6.07) is 0. The van der Waals surface area contributed by atoms with Gasteiger partial charge in [0.05, 0.1) is 7.11 Å². The van der Waals surface area contributed by atoms with Crippen LogP contribution in [-0.2, 0) is 9.53 Å². The van der Waals surface area contributed by atoms with Crippen LogP contribution in [0.1, 0.15) is 91.4 Å². The van der Waals surface area contributed by atoms with Gasteiger partial charge in [-0.2, -0.15) is 0 Å². The van der Waals surface area contributed by atoms with Gasteiger partial charge in [-0.25, -0.2) is 0 Å². The Kier molecular flexibility index (Phi) is 16.8. The summed E-state index contributed by atoms with van der Waals surface area (Å²) in [6.07, 6.45) is 29.8. The zero-order chi connectivity index (χ0) is 20.2. The molecule has 0 aliphatic carbocycles. The lowest BCUT2D eigenvalue weighted by molar-refractivity contribution is -0.140. The number of allylic oxidation sites excluding steroid dienone is 8. The monoisotopic (exact) mass is 374 g/mol. The summed E-state index contributed by atoms with van der Waals surface area (Å²) in [5, 5.41) is 0. The molecule has 154 valence electrons. The van der Waals surface area contributed by atoms with Crippen molar-refractivity contribution in [1.29, 1.82) is 0 Å². The molecule has 0 atom stereocenters. The summed E-state index contributed by atoms with van der Waals surface area (Å²) in [5.41, 5.74) is 0.324. The Morgan fingerprint density at radius 2 is 1.41 bits per heavy atom. The fourth-order valence-corrected chi connectivity index (χ4v) is 2.78. The van der Waals surface area contributed by atoms with Gasteiger partial charge >= 0.3 is 5.97 Å². The lowest BCUT2D eigenvalue weighted by atomic mass is 9.86. The van der Waals surface area contributed by atoms with Crippen LogP contribution in [0.25, 0.3) is 0 Å². The number of unbranched alkanes of at least 4 members (excludes halogenated alkanes) is 4. The van der Waals surface area contributed by atoms with Crippen LogP contribution >= 0.6 is 0 Å². The van der Waals surface area contributed by atoms with Crippen LogP contribution in [0.2, 0.25) is 0 Å². The molecule has 0 aromatic heterocycles. The van der Waals surface area contributed by atoms with Gasteiger partial charge in [-0.3, -0.25) is 4.79 Å². The number of ether oxygens (including phenoxy) is 1. The number of carbonyl (C=O) groups excluding carboxylic acids is 1. The number of esters is 1. The third-order valence-corrected chi connectivity index (χ3v) is 4.54. The third-order valence-electron chi connectivity index (χ3n) is 4.54. The minimum absolute atomic E-state index is 0.125. The van der Waals surface area contributed by atoms with E-state index in [9.17, 15) is 4.79 Å². The van der Waals surface area contributed by atoms with E-state index in [0.717, 1.165) is 32.1 Å². The number of hydrogen-bond acceptors (Lipinski definition) is 2. The molecule has 0 saturated carbocycles. The minimum Gasteiger partial charge on any atom is -0.469 e. The largest absolute Gasteiger partial charge is 0.469 e. The lowest BCUT2D eigenvalue weighted by Crippen LogP contribution is -2.06. The van der Waals surface area contributed by atoms with Gasteiger partial charge in [0.1, 0.15) is 0 Å². The Balaban J connectivity index is 3.70. The highest BCUT2D eigenvalue weighted by molar-refractivity contribution is 5.69. The fraction of sp³-hybridized carbons (Fsp3) is 0.640. The molecule has 0 rings (SSSR count). The molecular formula is C25H42O2. The van der Waals surface area contributed by atoms with Crippen molar-refractivity contribution in [3.8, 4) is 0 Å². The first-order chi connectivity index (χ1) is 13.0. The number of methoxy groups -OCH3 is 1. The quantitative estimate of drug-likeness (QED) is 0.157. The van der Waals surface area contributed by atoms with E-state index in [-0.39, 0.29) is 5.97 Å². The molecule has 0 aliphatic heterocycles. The SMILES string of the molecule is CCCCCCC(C)(C)C=CCC=CCC=CCC=CCCCC(=O)OC. The first-order valence-corrected chi connectivity index (χ1v) is 10.7. The first-order valence-electron chi connectivity index (χ1n) is 10.7. The molecular weight excluding hydrogens is 332 g/mol. The van der Waals surface area contributed by atoms with Gasteiger partial charge in [-0.05, 0) is 43.9 Å². The Bertz CT molecular complexity index is 467. The standard InChI is InChI=1S/C25H42O2/c1-5-6-7-19-22-25(2,3)23-20-17-15-13-11-9-8-10-12-14-16-18-21-24(26)27-4/h8-9,12-15,20,23H,5-7,10-11,16-19,21-22H2,1-4H3. The second-order valence-electron chi connectivity index (χ2n) is 7.79. The summed E-state index contributed by atoms with van der Waals surface area (Å²) in [6.45, 7) is 6.94. The Morgan fingerprint density at radius 1 is 0.815 bits per heavy atom. The van der Waals surface area contributed by atoms with Crippen LogP contribution in [-0.4, -0.2) is 13.1 Å². The van der Waals surface area contributed by atoms with Gasteiger partial charge < -0.3 is 4.74 Å². The molecule has 0 unspecified atom stereocenters. The fourth-order valence-electron chi connectivity index (χ4n) is 2.78. The van der Waals surface area contributed by atoms with E-state index in [4.69, 9.17) is 0 Å². The van der Waals surface area contributed by atoms with Crippen molar-refractivity contribution in [1.82, 2.24) is 0 Å². The van der Waals surface area contributed by atoms with E-state index in [1.54, 1.807) is 0 Å². The topological polar surface area (TPSA) is 26.3 Å². The maximum absolute atomic E-state index is 11.0. The van der Waals surface area contributed by atoms with Crippen LogP contribution in [0, 0.1) is 5.41 Å². The lowest BCUT2D eigenvalue weighted by Gasteiger charge is -2.19. The molecule has 0 spiro atoms. The van der Waals surface area contributed by atoms with Crippen molar-refractivity contribution in [3.63, 3.8) is 0 Å².